The third-order valence-corrected chi connectivity index (χ3v) is 5.54. The summed E-state index contributed by atoms with van der Waals surface area (Å²) < 4.78 is 0. The van der Waals surface area contributed by atoms with Gasteiger partial charge in [-0.3, -0.25) is 4.79 Å². The second-order valence-corrected chi connectivity index (χ2v) is 7.55. The van der Waals surface area contributed by atoms with Gasteiger partial charge >= 0.3 is 0 Å². The Morgan fingerprint density at radius 3 is 2.57 bits per heavy atom. The molecule has 0 aliphatic rings. The van der Waals surface area contributed by atoms with Crippen LogP contribution in [0.25, 0.3) is 21.3 Å². The number of benzene rings is 2. The summed E-state index contributed by atoms with van der Waals surface area (Å²) in [5.74, 6) is 0.340. The molecule has 6 heteroatoms. The summed E-state index contributed by atoms with van der Waals surface area (Å²) in [5.41, 5.74) is 9.89. The Bertz CT molecular complexity index is 1110. The van der Waals surface area contributed by atoms with Crippen molar-refractivity contribution in [2.75, 3.05) is 5.32 Å². The number of carbonyl (C=O) groups excluding carboxylic acids is 1. The number of carbonyl (C=O) groups is 1. The summed E-state index contributed by atoms with van der Waals surface area (Å²) in [7, 11) is 0. The van der Waals surface area contributed by atoms with Crippen molar-refractivity contribution >= 4 is 33.3 Å². The van der Waals surface area contributed by atoms with Crippen LogP contribution in [-0.2, 0) is 4.79 Å². The zero-order chi connectivity index (χ0) is 19.5. The molecule has 0 spiro atoms. The van der Waals surface area contributed by atoms with Gasteiger partial charge in [0, 0.05) is 10.9 Å². The number of primary amides is 1. The van der Waals surface area contributed by atoms with Crippen molar-refractivity contribution in [3.8, 4) is 11.1 Å². The maximum atomic E-state index is 11.7. The number of nitrogens with one attached hydrogen (secondary N) is 1. The van der Waals surface area contributed by atoms with Crippen molar-refractivity contribution in [1.29, 1.82) is 0 Å². The van der Waals surface area contributed by atoms with Crippen LogP contribution in [0.1, 0.15) is 23.6 Å². The van der Waals surface area contributed by atoms with Crippen LogP contribution in [0.15, 0.2) is 66.3 Å². The average Bonchev–Trinajstić information content (AvgIpc) is 3.14. The number of anilines is 1. The fraction of sp³-hybridized carbons (Fsp3) is 0.136. The zero-order valence-corrected chi connectivity index (χ0v) is 16.2. The molecule has 0 aliphatic heterocycles. The number of hydrogen-bond donors (Lipinski definition) is 2. The maximum absolute atomic E-state index is 11.7. The highest BCUT2D eigenvalue weighted by molar-refractivity contribution is 7.17. The van der Waals surface area contributed by atoms with Gasteiger partial charge in [0.05, 0.1) is 17.8 Å². The van der Waals surface area contributed by atoms with Crippen LogP contribution < -0.4 is 11.1 Å². The molecular formula is C22H20N4OS. The van der Waals surface area contributed by atoms with Gasteiger partial charge in [-0.1, -0.05) is 60.2 Å². The Kier molecular flexibility index (Phi) is 5.04. The average molecular weight is 388 g/mol. The number of amides is 1. The third-order valence-electron chi connectivity index (χ3n) is 4.65. The number of nitrogens with zero attached hydrogens (tertiary/aromatic N) is 2. The summed E-state index contributed by atoms with van der Waals surface area (Å²) >= 11 is 1.58. The molecule has 0 unspecified atom stereocenters. The predicted octanol–water partition coefficient (Wildman–Crippen LogP) is 4.70. The van der Waals surface area contributed by atoms with Crippen LogP contribution >= 0.6 is 11.3 Å². The molecular weight excluding hydrogens is 368 g/mol. The second-order valence-electron chi connectivity index (χ2n) is 6.70. The van der Waals surface area contributed by atoms with Crippen molar-refractivity contribution in [3.05, 3.63) is 77.4 Å². The molecule has 4 rings (SSSR count). The minimum Gasteiger partial charge on any atom is -0.370 e. The lowest BCUT2D eigenvalue weighted by Gasteiger charge is -2.19. The van der Waals surface area contributed by atoms with Gasteiger partial charge in [0.15, 0.2) is 0 Å². The van der Waals surface area contributed by atoms with Crippen molar-refractivity contribution < 1.29 is 4.79 Å². The minimum absolute atomic E-state index is 0.180. The summed E-state index contributed by atoms with van der Waals surface area (Å²) in [6, 6.07) is 17.9. The number of nitrogens with two attached hydrogens (primary N) is 1. The van der Waals surface area contributed by atoms with Gasteiger partial charge in [0.1, 0.15) is 17.0 Å². The molecule has 1 atom stereocenters. The third kappa shape index (κ3) is 3.73. The van der Waals surface area contributed by atoms with Crippen LogP contribution in [0.4, 0.5) is 5.82 Å². The molecule has 140 valence electrons. The van der Waals surface area contributed by atoms with E-state index >= 15 is 0 Å². The summed E-state index contributed by atoms with van der Waals surface area (Å²) in [5, 5.41) is 6.49. The number of aryl methyl sites for hydroxylation is 1. The highest BCUT2D eigenvalue weighted by Crippen LogP contribution is 2.37. The van der Waals surface area contributed by atoms with Gasteiger partial charge < -0.3 is 11.1 Å². The van der Waals surface area contributed by atoms with Gasteiger partial charge in [0.2, 0.25) is 5.91 Å². The highest BCUT2D eigenvalue weighted by atomic mass is 32.1. The van der Waals surface area contributed by atoms with Crippen LogP contribution in [0.5, 0.6) is 0 Å². The van der Waals surface area contributed by atoms with E-state index in [-0.39, 0.29) is 18.4 Å². The smallest absolute Gasteiger partial charge is 0.219 e. The topological polar surface area (TPSA) is 80.9 Å². The highest BCUT2D eigenvalue weighted by Gasteiger charge is 2.19. The molecule has 0 aliphatic carbocycles. The molecule has 2 heterocycles. The maximum Gasteiger partial charge on any atom is 0.219 e. The van der Waals surface area contributed by atoms with Gasteiger partial charge in [-0.05, 0) is 18.1 Å². The first-order valence-electron chi connectivity index (χ1n) is 9.01. The van der Waals surface area contributed by atoms with Crippen molar-refractivity contribution in [2.45, 2.75) is 19.4 Å². The van der Waals surface area contributed by atoms with Gasteiger partial charge in [0.25, 0.3) is 0 Å². The van der Waals surface area contributed by atoms with E-state index in [9.17, 15) is 4.79 Å². The van der Waals surface area contributed by atoms with Crippen molar-refractivity contribution in [2.24, 2.45) is 5.73 Å². The molecule has 1 amide bonds. The Balaban J connectivity index is 1.78. The Morgan fingerprint density at radius 2 is 1.86 bits per heavy atom. The van der Waals surface area contributed by atoms with E-state index in [0.717, 1.165) is 26.9 Å². The molecule has 0 saturated heterocycles. The normalized spacial score (nSPS) is 12.0. The lowest BCUT2D eigenvalue weighted by atomic mass is 10.0. The SMILES string of the molecule is Cc1ccc(-c2csc3ncnc(N[C@@H](CC(N)=O)c4ccccc4)c23)cc1. The largest absolute Gasteiger partial charge is 0.370 e. The molecule has 2 aromatic heterocycles. The molecule has 0 saturated carbocycles. The quantitative estimate of drug-likeness (QED) is 0.502. The Labute approximate surface area is 167 Å². The fourth-order valence-electron chi connectivity index (χ4n) is 3.23. The lowest BCUT2D eigenvalue weighted by Crippen LogP contribution is -2.21. The van der Waals surface area contributed by atoms with Crippen LogP contribution in [0.2, 0.25) is 0 Å². The molecule has 5 nitrogen and oxygen atoms in total. The van der Waals surface area contributed by atoms with Crippen molar-refractivity contribution in [1.82, 2.24) is 9.97 Å². The molecule has 0 bridgehead atoms. The first-order chi connectivity index (χ1) is 13.6. The lowest BCUT2D eigenvalue weighted by molar-refractivity contribution is -0.118. The molecule has 4 aromatic rings. The van der Waals surface area contributed by atoms with Gasteiger partial charge in [-0.15, -0.1) is 11.3 Å². The first kappa shape index (κ1) is 18.1. The number of rotatable bonds is 6. The standard InChI is InChI=1S/C22H20N4OS/c1-14-7-9-15(10-8-14)17-12-28-22-20(17)21(24-13-25-22)26-18(11-19(23)27)16-5-3-2-4-6-16/h2-10,12-13,18H,11H2,1H3,(H2,23,27)(H,24,25,26)/t18-/m0/s1. The second kappa shape index (κ2) is 7.78. The summed E-state index contributed by atoms with van der Waals surface area (Å²) in [4.78, 5) is 21.5. The molecule has 3 N–H and O–H groups in total. The predicted molar refractivity (Wildman–Crippen MR) is 114 cm³/mol. The summed E-state index contributed by atoms with van der Waals surface area (Å²) in [6.45, 7) is 2.07. The van der Waals surface area contributed by atoms with Gasteiger partial charge in [-0.2, -0.15) is 0 Å². The monoisotopic (exact) mass is 388 g/mol. The molecule has 0 radical (unpaired) electrons. The molecule has 0 fully saturated rings. The van der Waals surface area contributed by atoms with E-state index in [1.54, 1.807) is 17.7 Å². The van der Waals surface area contributed by atoms with E-state index in [2.05, 4.69) is 51.9 Å². The van der Waals surface area contributed by atoms with Gasteiger partial charge in [-0.25, -0.2) is 9.97 Å². The van der Waals surface area contributed by atoms with E-state index in [0.29, 0.717) is 5.82 Å². The molecule has 2 aromatic carbocycles. The van der Waals surface area contributed by atoms with E-state index in [1.165, 1.54) is 5.56 Å². The zero-order valence-electron chi connectivity index (χ0n) is 15.4. The molecule has 28 heavy (non-hydrogen) atoms. The van der Waals surface area contributed by atoms with E-state index < -0.39 is 0 Å². The summed E-state index contributed by atoms with van der Waals surface area (Å²) in [6.07, 6.45) is 1.73. The first-order valence-corrected chi connectivity index (χ1v) is 9.89. The fourth-order valence-corrected chi connectivity index (χ4v) is 4.15. The van der Waals surface area contributed by atoms with Crippen molar-refractivity contribution in [3.63, 3.8) is 0 Å². The number of hydrogen-bond acceptors (Lipinski definition) is 5. The number of fused-ring (bicyclic) bond motifs is 1. The van der Waals surface area contributed by atoms with Crippen LogP contribution in [0, 0.1) is 6.92 Å². The number of thiophene rings is 1. The van der Waals surface area contributed by atoms with Crippen LogP contribution in [0.3, 0.4) is 0 Å². The minimum atomic E-state index is -0.365. The van der Waals surface area contributed by atoms with E-state index in [4.69, 9.17) is 5.73 Å². The Hall–Kier alpha value is -3.25. The Morgan fingerprint density at radius 1 is 1.11 bits per heavy atom. The van der Waals surface area contributed by atoms with Crippen LogP contribution in [-0.4, -0.2) is 15.9 Å². The number of aromatic nitrogens is 2. The van der Waals surface area contributed by atoms with E-state index in [1.807, 2.05) is 30.3 Å².